The largest absolute Gasteiger partial charge is 0.453 e. The highest BCUT2D eigenvalue weighted by Crippen LogP contribution is 2.16. The van der Waals surface area contributed by atoms with Crippen LogP contribution >= 0.6 is 15.9 Å². The molecule has 0 spiro atoms. The average molecular weight is 273 g/mol. The van der Waals surface area contributed by atoms with E-state index in [0.29, 0.717) is 0 Å². The molecule has 0 saturated carbocycles. The molecule has 2 heterocycles. The fraction of sp³-hybridized carbons (Fsp3) is 0.636. The first-order valence-electron chi connectivity index (χ1n) is 5.39. The molecule has 0 bridgehead atoms. The zero-order valence-corrected chi connectivity index (χ0v) is 10.7. The lowest BCUT2D eigenvalue weighted by Crippen LogP contribution is -2.28. The van der Waals surface area contributed by atoms with Gasteiger partial charge in [0.15, 0.2) is 4.67 Å². The SMILES string of the molecule is CN1CCCN(Cc2ccc(Br)o2)CC1. The Bertz CT molecular complexity index is 313. The molecule has 15 heavy (non-hydrogen) atoms. The maximum absolute atomic E-state index is 5.52. The van der Waals surface area contributed by atoms with E-state index in [1.807, 2.05) is 12.1 Å². The molecule has 0 atom stereocenters. The summed E-state index contributed by atoms with van der Waals surface area (Å²) < 4.78 is 6.34. The molecular formula is C11H17BrN2O. The van der Waals surface area contributed by atoms with Crippen LogP contribution in [0.1, 0.15) is 12.2 Å². The van der Waals surface area contributed by atoms with Gasteiger partial charge in [-0.25, -0.2) is 0 Å². The Labute approximate surface area is 99.2 Å². The van der Waals surface area contributed by atoms with E-state index < -0.39 is 0 Å². The second-order valence-electron chi connectivity index (χ2n) is 4.14. The molecule has 0 aliphatic carbocycles. The van der Waals surface area contributed by atoms with Crippen molar-refractivity contribution in [1.82, 2.24) is 9.80 Å². The summed E-state index contributed by atoms with van der Waals surface area (Å²) in [6.45, 7) is 5.59. The van der Waals surface area contributed by atoms with E-state index in [2.05, 4.69) is 32.8 Å². The van der Waals surface area contributed by atoms with E-state index in [1.54, 1.807) is 0 Å². The lowest BCUT2D eigenvalue weighted by molar-refractivity contribution is 0.247. The molecular weight excluding hydrogens is 256 g/mol. The van der Waals surface area contributed by atoms with Gasteiger partial charge in [-0.05, 0) is 54.6 Å². The summed E-state index contributed by atoms with van der Waals surface area (Å²) >= 11 is 3.33. The molecule has 0 amide bonds. The lowest BCUT2D eigenvalue weighted by atomic mass is 10.3. The van der Waals surface area contributed by atoms with Crippen molar-refractivity contribution in [2.24, 2.45) is 0 Å². The number of furan rings is 1. The van der Waals surface area contributed by atoms with Gasteiger partial charge in [0.25, 0.3) is 0 Å². The average Bonchev–Trinajstić information content (AvgIpc) is 2.48. The van der Waals surface area contributed by atoms with Crippen molar-refractivity contribution >= 4 is 15.9 Å². The summed E-state index contributed by atoms with van der Waals surface area (Å²) in [5, 5.41) is 0. The number of halogens is 1. The minimum absolute atomic E-state index is 0.824. The molecule has 1 saturated heterocycles. The Morgan fingerprint density at radius 1 is 1.27 bits per heavy atom. The second-order valence-corrected chi connectivity index (χ2v) is 4.92. The van der Waals surface area contributed by atoms with E-state index in [9.17, 15) is 0 Å². The molecule has 0 aromatic carbocycles. The minimum Gasteiger partial charge on any atom is -0.453 e. The lowest BCUT2D eigenvalue weighted by Gasteiger charge is -2.18. The van der Waals surface area contributed by atoms with Crippen molar-refractivity contribution in [3.8, 4) is 0 Å². The van der Waals surface area contributed by atoms with Gasteiger partial charge in [-0.15, -0.1) is 0 Å². The third-order valence-corrected chi connectivity index (χ3v) is 3.25. The van der Waals surface area contributed by atoms with Crippen LogP contribution in [-0.2, 0) is 6.54 Å². The van der Waals surface area contributed by atoms with Gasteiger partial charge in [0, 0.05) is 13.1 Å². The first-order chi connectivity index (χ1) is 7.24. The van der Waals surface area contributed by atoms with Crippen LogP contribution in [0.15, 0.2) is 21.2 Å². The Hall–Kier alpha value is -0.320. The van der Waals surface area contributed by atoms with E-state index in [4.69, 9.17) is 4.42 Å². The van der Waals surface area contributed by atoms with E-state index in [0.717, 1.165) is 30.1 Å². The van der Waals surface area contributed by atoms with Crippen molar-refractivity contribution in [3.63, 3.8) is 0 Å². The maximum atomic E-state index is 5.52. The van der Waals surface area contributed by atoms with Gasteiger partial charge in [-0.1, -0.05) is 0 Å². The van der Waals surface area contributed by atoms with Crippen LogP contribution in [0.5, 0.6) is 0 Å². The van der Waals surface area contributed by atoms with Gasteiger partial charge in [0.05, 0.1) is 6.54 Å². The molecule has 84 valence electrons. The van der Waals surface area contributed by atoms with Crippen LogP contribution in [0, 0.1) is 0 Å². The van der Waals surface area contributed by atoms with Gasteiger partial charge >= 0.3 is 0 Å². The minimum atomic E-state index is 0.824. The quantitative estimate of drug-likeness (QED) is 0.823. The molecule has 0 N–H and O–H groups in total. The molecule has 1 aliphatic rings. The highest BCUT2D eigenvalue weighted by atomic mass is 79.9. The van der Waals surface area contributed by atoms with Crippen LogP contribution < -0.4 is 0 Å². The van der Waals surface area contributed by atoms with Gasteiger partial charge < -0.3 is 9.32 Å². The number of hydrogen-bond donors (Lipinski definition) is 0. The number of nitrogens with zero attached hydrogens (tertiary/aromatic N) is 2. The van der Waals surface area contributed by atoms with Crippen LogP contribution in [0.25, 0.3) is 0 Å². The predicted octanol–water partition coefficient (Wildman–Crippen LogP) is 2.18. The Morgan fingerprint density at radius 2 is 2.13 bits per heavy atom. The van der Waals surface area contributed by atoms with Gasteiger partial charge in [-0.3, -0.25) is 4.90 Å². The third kappa shape index (κ3) is 3.33. The standard InChI is InChI=1S/C11H17BrN2O/c1-13-5-2-6-14(8-7-13)9-10-3-4-11(12)15-10/h3-4H,2,5-9H2,1H3. The normalized spacial score (nSPS) is 20.4. The monoisotopic (exact) mass is 272 g/mol. The third-order valence-electron chi connectivity index (χ3n) is 2.82. The Balaban J connectivity index is 1.88. The Kier molecular flexibility index (Phi) is 3.83. The molecule has 1 aromatic heterocycles. The molecule has 1 aromatic rings. The van der Waals surface area contributed by atoms with Crippen molar-refractivity contribution in [3.05, 3.63) is 22.6 Å². The fourth-order valence-electron chi connectivity index (χ4n) is 1.92. The van der Waals surface area contributed by atoms with Gasteiger partial charge in [-0.2, -0.15) is 0 Å². The van der Waals surface area contributed by atoms with Crippen molar-refractivity contribution in [1.29, 1.82) is 0 Å². The first kappa shape index (κ1) is 11.2. The maximum Gasteiger partial charge on any atom is 0.169 e. The van der Waals surface area contributed by atoms with E-state index in [-0.39, 0.29) is 0 Å². The molecule has 0 unspecified atom stereocenters. The van der Waals surface area contributed by atoms with Crippen LogP contribution in [0.3, 0.4) is 0 Å². The summed E-state index contributed by atoms with van der Waals surface area (Å²) in [5.74, 6) is 1.05. The second kappa shape index (κ2) is 5.14. The molecule has 2 rings (SSSR count). The molecule has 4 heteroatoms. The highest BCUT2D eigenvalue weighted by Gasteiger charge is 2.13. The van der Waals surface area contributed by atoms with Gasteiger partial charge in [0.1, 0.15) is 5.76 Å². The number of rotatable bonds is 2. The predicted molar refractivity (Wildman–Crippen MR) is 63.8 cm³/mol. The molecule has 1 aliphatic heterocycles. The van der Waals surface area contributed by atoms with Crippen molar-refractivity contribution < 1.29 is 4.42 Å². The molecule has 0 radical (unpaired) electrons. The number of hydrogen-bond acceptors (Lipinski definition) is 3. The van der Waals surface area contributed by atoms with Gasteiger partial charge in [0.2, 0.25) is 0 Å². The van der Waals surface area contributed by atoms with Crippen molar-refractivity contribution in [2.45, 2.75) is 13.0 Å². The van der Waals surface area contributed by atoms with Crippen LogP contribution in [-0.4, -0.2) is 43.0 Å². The molecule has 3 nitrogen and oxygen atoms in total. The summed E-state index contributed by atoms with van der Waals surface area (Å²) in [6, 6.07) is 4.00. The smallest absolute Gasteiger partial charge is 0.169 e. The topological polar surface area (TPSA) is 19.6 Å². The van der Waals surface area contributed by atoms with Crippen molar-refractivity contribution in [2.75, 3.05) is 33.2 Å². The fourth-order valence-corrected chi connectivity index (χ4v) is 2.26. The zero-order valence-electron chi connectivity index (χ0n) is 9.08. The van der Waals surface area contributed by atoms with E-state index >= 15 is 0 Å². The summed E-state index contributed by atoms with van der Waals surface area (Å²) in [7, 11) is 2.19. The first-order valence-corrected chi connectivity index (χ1v) is 6.18. The highest BCUT2D eigenvalue weighted by molar-refractivity contribution is 9.10. The Morgan fingerprint density at radius 3 is 2.87 bits per heavy atom. The zero-order chi connectivity index (χ0) is 10.7. The number of likely N-dealkylation sites (N-methyl/N-ethyl adjacent to an activating group) is 1. The van der Waals surface area contributed by atoms with Crippen LogP contribution in [0.4, 0.5) is 0 Å². The van der Waals surface area contributed by atoms with E-state index in [1.165, 1.54) is 19.5 Å². The molecule has 1 fully saturated rings. The summed E-state index contributed by atoms with van der Waals surface area (Å²) in [5.41, 5.74) is 0. The summed E-state index contributed by atoms with van der Waals surface area (Å²) in [4.78, 5) is 4.84. The van der Waals surface area contributed by atoms with Crippen LogP contribution in [0.2, 0.25) is 0 Å². The summed E-state index contributed by atoms with van der Waals surface area (Å²) in [6.07, 6.45) is 1.25.